The normalized spacial score (nSPS) is 17.7. The molecule has 206 valence electrons. The minimum atomic E-state index is -4.04. The second-order valence-corrected chi connectivity index (χ2v) is 11.7. The van der Waals surface area contributed by atoms with Crippen molar-refractivity contribution in [3.8, 4) is 0 Å². The first-order valence-corrected chi connectivity index (χ1v) is 14.0. The number of sulfonamides is 1. The van der Waals surface area contributed by atoms with E-state index in [1.807, 2.05) is 44.2 Å². The molecular weight excluding hydrogens is 512 g/mol. The molecule has 4 N–H and O–H groups in total. The van der Waals surface area contributed by atoms with E-state index in [0.29, 0.717) is 25.2 Å². The Morgan fingerprint density at radius 2 is 2.00 bits per heavy atom. The third-order valence-corrected chi connectivity index (χ3v) is 8.03. The van der Waals surface area contributed by atoms with Crippen molar-refractivity contribution in [1.82, 2.24) is 14.6 Å². The Bertz CT molecular complexity index is 1320. The summed E-state index contributed by atoms with van der Waals surface area (Å²) >= 11 is 0. The van der Waals surface area contributed by atoms with E-state index in [1.165, 1.54) is 22.5 Å². The van der Waals surface area contributed by atoms with Crippen LogP contribution < -0.4 is 11.1 Å². The minimum Gasteiger partial charge on any atom is -0.444 e. The third kappa shape index (κ3) is 7.01. The van der Waals surface area contributed by atoms with Gasteiger partial charge in [0.15, 0.2) is 5.58 Å². The van der Waals surface area contributed by atoms with E-state index in [1.54, 1.807) is 0 Å². The largest absolute Gasteiger partial charge is 0.444 e. The Balaban J connectivity index is 1.56. The summed E-state index contributed by atoms with van der Waals surface area (Å²) in [6.07, 6.45) is -1.41. The third-order valence-electron chi connectivity index (χ3n) is 6.20. The van der Waals surface area contributed by atoms with Crippen LogP contribution in [0.5, 0.6) is 0 Å². The summed E-state index contributed by atoms with van der Waals surface area (Å²) in [6.45, 7) is 4.51. The van der Waals surface area contributed by atoms with Crippen LogP contribution in [0.25, 0.3) is 11.1 Å². The summed E-state index contributed by atoms with van der Waals surface area (Å²) in [5.41, 5.74) is 7.16. The molecule has 1 aliphatic heterocycles. The number of hydrogen-bond acceptors (Lipinski definition) is 9. The number of nitrogens with two attached hydrogens (primary N) is 1. The highest BCUT2D eigenvalue weighted by atomic mass is 32.2. The highest BCUT2D eigenvalue weighted by Crippen LogP contribution is 2.25. The number of aliphatic hydroxyl groups excluding tert-OH is 1. The van der Waals surface area contributed by atoms with Crippen LogP contribution in [0.15, 0.2) is 57.8 Å². The molecule has 12 heteroatoms. The lowest BCUT2D eigenvalue weighted by atomic mass is 10.0. The van der Waals surface area contributed by atoms with E-state index in [-0.39, 0.29) is 48.0 Å². The number of benzene rings is 2. The first-order valence-electron chi connectivity index (χ1n) is 12.5. The summed E-state index contributed by atoms with van der Waals surface area (Å²) in [7, 11) is -4.04. The summed E-state index contributed by atoms with van der Waals surface area (Å²) in [4.78, 5) is 16.7. The Kier molecular flexibility index (Phi) is 8.87. The Morgan fingerprint density at radius 1 is 1.24 bits per heavy atom. The van der Waals surface area contributed by atoms with Gasteiger partial charge >= 0.3 is 6.09 Å². The average Bonchev–Trinajstić information content (AvgIpc) is 3.51. The van der Waals surface area contributed by atoms with Crippen molar-refractivity contribution in [2.75, 3.05) is 32.0 Å². The monoisotopic (exact) mass is 546 g/mol. The number of aromatic nitrogens is 1. The molecule has 2 heterocycles. The summed E-state index contributed by atoms with van der Waals surface area (Å²) in [5, 5.41) is 14.0. The fraction of sp³-hybridized carbons (Fsp3) is 0.462. The lowest BCUT2D eigenvalue weighted by molar-refractivity contribution is 0.0644. The van der Waals surface area contributed by atoms with E-state index in [9.17, 15) is 18.3 Å². The predicted octanol–water partition coefficient (Wildman–Crippen LogP) is 2.54. The van der Waals surface area contributed by atoms with E-state index < -0.39 is 28.3 Å². The van der Waals surface area contributed by atoms with Crippen LogP contribution in [0, 0.1) is 5.92 Å². The predicted molar refractivity (Wildman–Crippen MR) is 141 cm³/mol. The molecule has 0 radical (unpaired) electrons. The molecule has 1 unspecified atom stereocenters. The first-order chi connectivity index (χ1) is 18.1. The number of ether oxygens (including phenoxy) is 2. The van der Waals surface area contributed by atoms with Gasteiger partial charge < -0.3 is 30.0 Å². The molecule has 4 rings (SSSR count). The van der Waals surface area contributed by atoms with Gasteiger partial charge in [0.2, 0.25) is 10.0 Å². The maximum Gasteiger partial charge on any atom is 0.407 e. The summed E-state index contributed by atoms with van der Waals surface area (Å²) in [5.74, 6) is -0.0329. The topological polar surface area (TPSA) is 157 Å². The zero-order valence-electron chi connectivity index (χ0n) is 21.4. The number of rotatable bonds is 11. The highest BCUT2D eigenvalue weighted by Gasteiger charge is 2.32. The number of carbonyl (C=O) groups is 1. The van der Waals surface area contributed by atoms with Crippen LogP contribution in [-0.2, 0) is 25.9 Å². The van der Waals surface area contributed by atoms with Crippen molar-refractivity contribution < 1.29 is 32.2 Å². The molecule has 1 amide bonds. The van der Waals surface area contributed by atoms with Gasteiger partial charge in [0.25, 0.3) is 6.01 Å². The number of oxazole rings is 1. The number of alkyl carbamates (subject to hydrolysis) is 1. The minimum absolute atomic E-state index is 0.0118. The lowest BCUT2D eigenvalue weighted by Crippen LogP contribution is -2.51. The molecule has 0 aliphatic carbocycles. The summed E-state index contributed by atoms with van der Waals surface area (Å²) < 4.78 is 44.6. The Hall–Kier alpha value is -3.19. The van der Waals surface area contributed by atoms with Gasteiger partial charge in [-0.05, 0) is 30.0 Å². The number of hydrogen-bond donors (Lipinski definition) is 3. The van der Waals surface area contributed by atoms with E-state index >= 15 is 0 Å². The van der Waals surface area contributed by atoms with Crippen LogP contribution in [0.3, 0.4) is 0 Å². The van der Waals surface area contributed by atoms with Gasteiger partial charge in [-0.25, -0.2) is 13.2 Å². The van der Waals surface area contributed by atoms with Gasteiger partial charge in [-0.2, -0.15) is 9.29 Å². The summed E-state index contributed by atoms with van der Waals surface area (Å²) in [6, 6.07) is 12.8. The van der Waals surface area contributed by atoms with Crippen molar-refractivity contribution in [1.29, 1.82) is 0 Å². The molecule has 1 saturated heterocycles. The standard InChI is InChI=1S/C26H34N4O7S/c1-17(2)14-30(38(33,34)20-8-9-21-24(13-20)37-25(27)28-21)15-23(31)22(12-18-6-4-3-5-7-18)29-26(32)36-19-10-11-35-16-19/h3-9,13,17,19,22-23,31H,10-12,14-16H2,1-2H3,(H2,27,28)(H,29,32)/t19?,22-,23+/m0/s1. The van der Waals surface area contributed by atoms with E-state index in [2.05, 4.69) is 10.3 Å². The highest BCUT2D eigenvalue weighted by molar-refractivity contribution is 7.89. The van der Waals surface area contributed by atoms with E-state index in [4.69, 9.17) is 19.6 Å². The van der Waals surface area contributed by atoms with Crippen LogP contribution >= 0.6 is 0 Å². The maximum atomic E-state index is 13.7. The van der Waals surface area contributed by atoms with Crippen LogP contribution in [0.1, 0.15) is 25.8 Å². The molecular formula is C26H34N4O7S. The first kappa shape index (κ1) is 27.8. The van der Waals surface area contributed by atoms with E-state index in [0.717, 1.165) is 5.56 Å². The van der Waals surface area contributed by atoms with Gasteiger partial charge in [-0.3, -0.25) is 0 Å². The molecule has 3 aromatic rings. The fourth-order valence-corrected chi connectivity index (χ4v) is 5.98. The average molecular weight is 547 g/mol. The number of nitrogens with zero attached hydrogens (tertiary/aromatic N) is 2. The Labute approximate surface area is 222 Å². The van der Waals surface area contributed by atoms with Crippen molar-refractivity contribution in [3.63, 3.8) is 0 Å². The number of nitrogen functional groups attached to an aromatic ring is 1. The van der Waals surface area contributed by atoms with Crippen molar-refractivity contribution in [2.45, 2.75) is 49.8 Å². The van der Waals surface area contributed by atoms with Crippen molar-refractivity contribution in [3.05, 3.63) is 54.1 Å². The number of carbonyl (C=O) groups excluding carboxylic acids is 1. The van der Waals surface area contributed by atoms with Gasteiger partial charge in [0.05, 0.1) is 30.3 Å². The zero-order valence-corrected chi connectivity index (χ0v) is 22.3. The smallest absolute Gasteiger partial charge is 0.407 e. The molecule has 38 heavy (non-hydrogen) atoms. The molecule has 0 saturated carbocycles. The number of aliphatic hydroxyl groups is 1. The van der Waals surface area contributed by atoms with Crippen LogP contribution in [-0.4, -0.2) is 73.5 Å². The number of amides is 1. The molecule has 2 aromatic carbocycles. The lowest BCUT2D eigenvalue weighted by Gasteiger charge is -2.30. The number of anilines is 1. The van der Waals surface area contributed by atoms with Crippen LogP contribution in [0.4, 0.5) is 10.8 Å². The molecule has 1 fully saturated rings. The maximum absolute atomic E-state index is 13.7. The van der Waals surface area contributed by atoms with Crippen molar-refractivity contribution >= 4 is 33.2 Å². The number of fused-ring (bicyclic) bond motifs is 1. The van der Waals surface area contributed by atoms with Gasteiger partial charge in [0, 0.05) is 25.6 Å². The molecule has 0 bridgehead atoms. The molecule has 11 nitrogen and oxygen atoms in total. The van der Waals surface area contributed by atoms with Gasteiger partial charge in [-0.15, -0.1) is 0 Å². The zero-order chi connectivity index (χ0) is 27.3. The quantitative estimate of drug-likeness (QED) is 0.329. The van der Waals surface area contributed by atoms with Gasteiger partial charge in [0.1, 0.15) is 11.6 Å². The SMILES string of the molecule is CC(C)CN(C[C@@H](O)[C@H](Cc1ccccc1)NC(=O)OC1CCOC1)S(=O)(=O)c1ccc2nc(N)oc2c1. The molecule has 1 aromatic heterocycles. The molecule has 0 spiro atoms. The molecule has 3 atom stereocenters. The molecule has 1 aliphatic rings. The van der Waals surface area contributed by atoms with Gasteiger partial charge in [-0.1, -0.05) is 44.2 Å². The number of nitrogens with one attached hydrogen (secondary N) is 1. The second kappa shape index (κ2) is 12.1. The fourth-order valence-electron chi connectivity index (χ4n) is 4.34. The second-order valence-electron chi connectivity index (χ2n) is 9.80. The van der Waals surface area contributed by atoms with Crippen molar-refractivity contribution in [2.24, 2.45) is 5.92 Å². The Morgan fingerprint density at radius 3 is 2.68 bits per heavy atom. The van der Waals surface area contributed by atoms with Crippen LogP contribution in [0.2, 0.25) is 0 Å².